The van der Waals surface area contributed by atoms with Crippen LogP contribution in [-0.2, 0) is 20.6 Å². The monoisotopic (exact) mass is 599 g/mol. The first-order chi connectivity index (χ1) is 20.4. The quantitative estimate of drug-likeness (QED) is 0.405. The fourth-order valence-electron chi connectivity index (χ4n) is 6.94. The van der Waals surface area contributed by atoms with Gasteiger partial charge in [-0.25, -0.2) is 9.37 Å². The van der Waals surface area contributed by atoms with Gasteiger partial charge in [0.2, 0.25) is 0 Å². The number of imidazole rings is 1. The maximum atomic E-state index is 15.5. The number of aromatic amines is 1. The van der Waals surface area contributed by atoms with E-state index < -0.39 is 24.1 Å². The first-order valence-corrected chi connectivity index (χ1v) is 14.8. The van der Waals surface area contributed by atoms with Crippen LogP contribution in [0, 0.1) is 11.2 Å². The second-order valence-electron chi connectivity index (χ2n) is 12.1. The minimum atomic E-state index is -0.670. The van der Waals surface area contributed by atoms with Gasteiger partial charge in [0.15, 0.2) is 11.8 Å². The number of benzene rings is 1. The van der Waals surface area contributed by atoms with Crippen LogP contribution in [0.3, 0.4) is 0 Å². The highest BCUT2D eigenvalue weighted by molar-refractivity contribution is 6.33. The van der Waals surface area contributed by atoms with Crippen molar-refractivity contribution in [3.05, 3.63) is 45.7 Å². The van der Waals surface area contributed by atoms with Gasteiger partial charge < -0.3 is 39.3 Å². The predicted molar refractivity (Wildman–Crippen MR) is 148 cm³/mol. The summed E-state index contributed by atoms with van der Waals surface area (Å²) in [5, 5.41) is 13.6. The lowest BCUT2D eigenvalue weighted by molar-refractivity contribution is -0.136. The molecule has 13 heteroatoms. The van der Waals surface area contributed by atoms with Crippen molar-refractivity contribution in [3.8, 4) is 6.01 Å². The molecule has 4 aliphatic heterocycles. The van der Waals surface area contributed by atoms with Crippen molar-refractivity contribution in [2.75, 3.05) is 44.8 Å². The summed E-state index contributed by atoms with van der Waals surface area (Å²) in [6, 6.07) is 4.77. The highest BCUT2D eigenvalue weighted by atomic mass is 35.5. The van der Waals surface area contributed by atoms with Gasteiger partial charge in [-0.2, -0.15) is 4.98 Å². The zero-order valence-corrected chi connectivity index (χ0v) is 23.5. The second-order valence-corrected chi connectivity index (χ2v) is 12.5. The number of anilines is 1. The molecular weight excluding hydrogens is 569 g/mol. The summed E-state index contributed by atoms with van der Waals surface area (Å²) >= 11 is 6.57. The van der Waals surface area contributed by atoms with Crippen molar-refractivity contribution in [1.29, 1.82) is 0 Å². The molecule has 5 aliphatic rings. The lowest BCUT2D eigenvalue weighted by atomic mass is 9.77. The van der Waals surface area contributed by atoms with Crippen LogP contribution in [0.25, 0.3) is 11.2 Å². The number of fused-ring (bicyclic) bond motifs is 3. The number of aryl methyl sites for hydroxylation is 1. The van der Waals surface area contributed by atoms with Crippen LogP contribution in [0.1, 0.15) is 46.8 Å². The fourth-order valence-corrected chi connectivity index (χ4v) is 7.14. The van der Waals surface area contributed by atoms with E-state index in [0.29, 0.717) is 59.1 Å². The smallest absolute Gasteiger partial charge is 0.296 e. The van der Waals surface area contributed by atoms with E-state index in [9.17, 15) is 9.90 Å². The third-order valence-corrected chi connectivity index (χ3v) is 9.69. The van der Waals surface area contributed by atoms with Crippen molar-refractivity contribution < 1.29 is 33.2 Å². The zero-order valence-electron chi connectivity index (χ0n) is 22.8. The number of H-pyrrole nitrogens is 1. The fraction of sp³-hybridized carbons (Fsp3) is 0.552. The summed E-state index contributed by atoms with van der Waals surface area (Å²) in [7, 11) is 0. The van der Waals surface area contributed by atoms with Crippen molar-refractivity contribution in [3.63, 3.8) is 0 Å². The number of rotatable bonds is 5. The van der Waals surface area contributed by atoms with Crippen LogP contribution < -0.4 is 10.1 Å². The Morgan fingerprint density at radius 3 is 2.76 bits per heavy atom. The molecule has 3 aromatic rings. The molecule has 1 amide bonds. The second kappa shape index (κ2) is 10.0. The molecule has 4 saturated heterocycles. The summed E-state index contributed by atoms with van der Waals surface area (Å²) < 4.78 is 38.1. The molecule has 11 nitrogen and oxygen atoms in total. The normalized spacial score (nSPS) is 29.5. The molecule has 0 saturated carbocycles. The third-order valence-electron chi connectivity index (χ3n) is 9.40. The van der Waals surface area contributed by atoms with E-state index >= 15 is 4.39 Å². The topological polar surface area (TPSA) is 131 Å². The predicted octanol–water partition coefficient (Wildman–Crippen LogP) is 3.01. The number of pyridine rings is 1. The first-order valence-electron chi connectivity index (χ1n) is 14.5. The Hall–Kier alpha value is -3.03. The number of aromatic nitrogens is 3. The van der Waals surface area contributed by atoms with E-state index in [0.717, 1.165) is 31.6 Å². The van der Waals surface area contributed by atoms with Gasteiger partial charge in [0.05, 0.1) is 43.0 Å². The van der Waals surface area contributed by atoms with E-state index in [-0.39, 0.29) is 42.7 Å². The number of ether oxygens (including phenoxy) is 4. The average molecular weight is 600 g/mol. The molecule has 1 spiro atoms. The maximum Gasteiger partial charge on any atom is 0.296 e. The highest BCUT2D eigenvalue weighted by Crippen LogP contribution is 2.40. The van der Waals surface area contributed by atoms with E-state index in [1.54, 1.807) is 6.07 Å². The molecule has 1 aliphatic carbocycles. The molecule has 2 aromatic heterocycles. The molecule has 0 radical (unpaired) electrons. The molecule has 5 atom stereocenters. The van der Waals surface area contributed by atoms with Crippen LogP contribution in [0.15, 0.2) is 18.2 Å². The Morgan fingerprint density at radius 1 is 1.17 bits per heavy atom. The van der Waals surface area contributed by atoms with Crippen LogP contribution in [0.5, 0.6) is 6.01 Å². The largest absolute Gasteiger partial charge is 0.456 e. The molecule has 1 unspecified atom stereocenters. The number of carbonyl (C=O) groups is 1. The zero-order chi connectivity index (χ0) is 28.6. The van der Waals surface area contributed by atoms with Gasteiger partial charge in [-0.05, 0) is 49.4 Å². The van der Waals surface area contributed by atoms with Crippen LogP contribution >= 0.6 is 11.6 Å². The number of carbonyl (C=O) groups excluding carboxylic acids is 1. The number of aliphatic hydroxyl groups excluding tert-OH is 1. The lowest BCUT2D eigenvalue weighted by Crippen LogP contribution is -2.52. The molecule has 1 aromatic carbocycles. The standard InChI is InChI=1S/C29H31ClFN5O6/c30-16-9-19-26(35-28(33-19)42-21-11-41-23-20(37)10-40-24(21)23)34-25(16)32-18-2-1-14-7-15(8-17(31)22(14)18)27(38)36-5-3-29(4-6-36)12-39-13-29/h7-9,18,20-21,23-24,37H,1-6,10-13H2,(H2,32,33,34,35)/t18?,20-,21-,23-,24-/m1/s1. The Bertz CT molecular complexity index is 1550. The van der Waals surface area contributed by atoms with Crippen molar-refractivity contribution in [2.24, 2.45) is 5.41 Å². The third kappa shape index (κ3) is 4.43. The Kier molecular flexibility index (Phi) is 6.34. The lowest BCUT2D eigenvalue weighted by Gasteiger charge is -2.47. The maximum absolute atomic E-state index is 15.5. The molecule has 8 rings (SSSR count). The van der Waals surface area contributed by atoms with Gasteiger partial charge in [0.1, 0.15) is 29.9 Å². The average Bonchev–Trinajstić information content (AvgIpc) is 3.74. The van der Waals surface area contributed by atoms with Gasteiger partial charge >= 0.3 is 0 Å². The molecule has 4 fully saturated rings. The molecular formula is C29H31ClFN5O6. The number of amides is 1. The van der Waals surface area contributed by atoms with Gasteiger partial charge in [0.25, 0.3) is 11.9 Å². The Labute approximate surface area is 245 Å². The number of hydrogen-bond donors (Lipinski definition) is 3. The summed E-state index contributed by atoms with van der Waals surface area (Å²) in [6.07, 6.45) is 1.25. The van der Waals surface area contributed by atoms with Crippen LogP contribution in [0.2, 0.25) is 5.02 Å². The summed E-state index contributed by atoms with van der Waals surface area (Å²) in [5.74, 6) is -0.144. The molecule has 42 heavy (non-hydrogen) atoms. The molecule has 222 valence electrons. The summed E-state index contributed by atoms with van der Waals surface area (Å²) in [4.78, 5) is 27.2. The van der Waals surface area contributed by atoms with Crippen molar-refractivity contribution in [2.45, 2.75) is 56.1 Å². The van der Waals surface area contributed by atoms with Gasteiger partial charge in [0, 0.05) is 29.6 Å². The minimum Gasteiger partial charge on any atom is -0.456 e. The molecule has 6 heterocycles. The van der Waals surface area contributed by atoms with E-state index in [1.807, 2.05) is 11.0 Å². The number of nitrogens with zero attached hydrogens (tertiary/aromatic N) is 3. The van der Waals surface area contributed by atoms with Gasteiger partial charge in [-0.3, -0.25) is 4.79 Å². The van der Waals surface area contributed by atoms with E-state index in [4.69, 9.17) is 30.5 Å². The highest BCUT2D eigenvalue weighted by Gasteiger charge is 2.49. The number of nitrogens with one attached hydrogen (secondary N) is 2. The first kappa shape index (κ1) is 26.6. The van der Waals surface area contributed by atoms with Crippen LogP contribution in [-0.4, -0.2) is 94.8 Å². The SMILES string of the molecule is O=C(c1cc(F)c2c(c1)CCC2Nc1nc2nc(O[C@@H]3CO[C@H]4[C@@H]3OC[C@H]4O)[nH]c2cc1Cl)N1CCC2(CC1)COC2. The van der Waals surface area contributed by atoms with Crippen molar-refractivity contribution >= 4 is 34.5 Å². The Morgan fingerprint density at radius 2 is 1.98 bits per heavy atom. The van der Waals surface area contributed by atoms with E-state index in [1.165, 1.54) is 6.07 Å². The van der Waals surface area contributed by atoms with E-state index in [2.05, 4.69) is 20.3 Å². The number of likely N-dealkylation sites (tertiary alicyclic amines) is 1. The van der Waals surface area contributed by atoms with Gasteiger partial charge in [-0.15, -0.1) is 0 Å². The number of halogens is 2. The Balaban J connectivity index is 0.973. The summed E-state index contributed by atoms with van der Waals surface area (Å²) in [5.41, 5.74) is 2.94. The van der Waals surface area contributed by atoms with Gasteiger partial charge in [-0.1, -0.05) is 11.6 Å². The minimum absolute atomic E-state index is 0.120. The van der Waals surface area contributed by atoms with Crippen LogP contribution in [0.4, 0.5) is 10.2 Å². The molecule has 3 N–H and O–H groups in total. The molecule has 0 bridgehead atoms. The number of piperidine rings is 1. The number of aliphatic hydroxyl groups is 1. The number of hydrogen-bond acceptors (Lipinski definition) is 9. The van der Waals surface area contributed by atoms with Crippen molar-refractivity contribution in [1.82, 2.24) is 19.9 Å². The summed E-state index contributed by atoms with van der Waals surface area (Å²) in [6.45, 7) is 3.37.